The van der Waals surface area contributed by atoms with E-state index < -0.39 is 0 Å². The highest BCUT2D eigenvalue weighted by Gasteiger charge is 2.17. The van der Waals surface area contributed by atoms with Gasteiger partial charge in [0, 0.05) is 40.0 Å². The van der Waals surface area contributed by atoms with E-state index in [1.807, 2.05) is 11.3 Å². The first-order valence-electron chi connectivity index (χ1n) is 7.58. The van der Waals surface area contributed by atoms with Crippen LogP contribution in [-0.4, -0.2) is 9.38 Å². The van der Waals surface area contributed by atoms with Gasteiger partial charge in [-0.3, -0.25) is 4.40 Å². The molecule has 5 heteroatoms. The van der Waals surface area contributed by atoms with Crippen LogP contribution in [0.3, 0.4) is 0 Å². The van der Waals surface area contributed by atoms with E-state index in [1.165, 1.54) is 37.0 Å². The molecule has 1 aliphatic rings. The summed E-state index contributed by atoms with van der Waals surface area (Å²) in [4.78, 5) is 8.60. The Labute approximate surface area is 132 Å². The van der Waals surface area contributed by atoms with Crippen LogP contribution in [0.15, 0.2) is 23.8 Å². The minimum absolute atomic E-state index is 0.0755. The Morgan fingerprint density at radius 2 is 2.19 bits per heavy atom. The Balaban J connectivity index is 1.54. The van der Waals surface area contributed by atoms with Gasteiger partial charge in [0.05, 0.1) is 5.69 Å². The molecule has 1 aliphatic carbocycles. The molecule has 0 saturated heterocycles. The fraction of sp³-hybridized carbons (Fsp3) is 0.438. The number of thiophene rings is 1. The molecule has 0 fully saturated rings. The fourth-order valence-corrected chi connectivity index (χ4v) is 5.05. The van der Waals surface area contributed by atoms with Crippen molar-refractivity contribution in [3.05, 3.63) is 44.9 Å². The molecular weight excluding hydrogens is 298 g/mol. The van der Waals surface area contributed by atoms with Gasteiger partial charge in [0.25, 0.3) is 0 Å². The molecule has 3 heterocycles. The molecule has 0 aliphatic heterocycles. The van der Waals surface area contributed by atoms with Crippen LogP contribution < -0.4 is 5.73 Å². The molecule has 0 spiro atoms. The normalized spacial score (nSPS) is 16.8. The van der Waals surface area contributed by atoms with E-state index in [0.29, 0.717) is 0 Å². The first kappa shape index (κ1) is 13.5. The summed E-state index contributed by atoms with van der Waals surface area (Å²) in [5, 5.41) is 2.06. The lowest BCUT2D eigenvalue weighted by molar-refractivity contribution is 0.707. The van der Waals surface area contributed by atoms with Gasteiger partial charge in [-0.2, -0.15) is 0 Å². The summed E-state index contributed by atoms with van der Waals surface area (Å²) in [6.45, 7) is 0. The molecular formula is C16H19N3S2. The highest BCUT2D eigenvalue weighted by Crippen LogP contribution is 2.32. The molecule has 2 N–H and O–H groups in total. The van der Waals surface area contributed by atoms with Gasteiger partial charge >= 0.3 is 0 Å². The standard InChI is InChI=1S/C16H19N3S2/c17-13(9-12-10-19-6-7-20-16(19)18-12)15-8-11-4-2-1-3-5-14(11)21-15/h6-8,10,13H,1-5,9,17H2. The molecule has 3 nitrogen and oxygen atoms in total. The predicted molar refractivity (Wildman–Crippen MR) is 89.3 cm³/mol. The van der Waals surface area contributed by atoms with Crippen molar-refractivity contribution in [2.24, 2.45) is 5.73 Å². The van der Waals surface area contributed by atoms with Gasteiger partial charge in [-0.1, -0.05) is 6.42 Å². The van der Waals surface area contributed by atoms with Crippen LogP contribution in [0.5, 0.6) is 0 Å². The van der Waals surface area contributed by atoms with Crippen molar-refractivity contribution in [1.29, 1.82) is 0 Å². The number of imidazole rings is 1. The highest BCUT2D eigenvalue weighted by atomic mass is 32.1. The fourth-order valence-electron chi connectivity index (χ4n) is 3.07. The number of aromatic nitrogens is 2. The molecule has 1 atom stereocenters. The van der Waals surface area contributed by atoms with E-state index in [-0.39, 0.29) is 6.04 Å². The zero-order valence-corrected chi connectivity index (χ0v) is 13.6. The zero-order chi connectivity index (χ0) is 14.2. The highest BCUT2D eigenvalue weighted by molar-refractivity contribution is 7.15. The third-order valence-corrected chi connectivity index (χ3v) is 6.34. The molecule has 21 heavy (non-hydrogen) atoms. The number of rotatable bonds is 3. The van der Waals surface area contributed by atoms with Crippen molar-refractivity contribution in [3.8, 4) is 0 Å². The van der Waals surface area contributed by atoms with Crippen molar-refractivity contribution < 1.29 is 0 Å². The summed E-state index contributed by atoms with van der Waals surface area (Å²) in [6, 6.07) is 2.43. The topological polar surface area (TPSA) is 43.3 Å². The summed E-state index contributed by atoms with van der Waals surface area (Å²) in [5.41, 5.74) is 9.08. The second kappa shape index (κ2) is 5.55. The van der Waals surface area contributed by atoms with Crippen molar-refractivity contribution in [2.75, 3.05) is 0 Å². The van der Waals surface area contributed by atoms with Crippen LogP contribution in [0.2, 0.25) is 0 Å². The van der Waals surface area contributed by atoms with Crippen molar-refractivity contribution in [2.45, 2.75) is 44.6 Å². The van der Waals surface area contributed by atoms with Crippen LogP contribution in [0, 0.1) is 0 Å². The van der Waals surface area contributed by atoms with Gasteiger partial charge in [0.2, 0.25) is 0 Å². The SMILES string of the molecule is NC(Cc1cn2ccsc2n1)c1cc2c(s1)CCCCC2. The first-order chi connectivity index (χ1) is 10.3. The molecule has 3 aromatic rings. The maximum absolute atomic E-state index is 6.43. The van der Waals surface area contributed by atoms with E-state index in [1.54, 1.807) is 21.8 Å². The second-order valence-corrected chi connectivity index (χ2v) is 7.83. The third kappa shape index (κ3) is 2.65. The predicted octanol–water partition coefficient (Wildman–Crippen LogP) is 3.97. The number of hydrogen-bond acceptors (Lipinski definition) is 4. The maximum atomic E-state index is 6.43. The molecule has 3 aromatic heterocycles. The number of nitrogens with zero attached hydrogens (tertiary/aromatic N) is 2. The molecule has 0 saturated carbocycles. The Bertz CT molecular complexity index is 701. The molecule has 0 amide bonds. The van der Waals surface area contributed by atoms with Crippen LogP contribution in [0.1, 0.15) is 46.3 Å². The minimum atomic E-state index is 0.0755. The largest absolute Gasteiger partial charge is 0.323 e. The van der Waals surface area contributed by atoms with Crippen LogP contribution in [0.25, 0.3) is 4.96 Å². The van der Waals surface area contributed by atoms with E-state index in [4.69, 9.17) is 5.73 Å². The lowest BCUT2D eigenvalue weighted by atomic mass is 10.1. The van der Waals surface area contributed by atoms with E-state index >= 15 is 0 Å². The molecule has 110 valence electrons. The summed E-state index contributed by atoms with van der Waals surface area (Å²) in [5.74, 6) is 0. The van der Waals surface area contributed by atoms with E-state index in [0.717, 1.165) is 17.1 Å². The average Bonchev–Trinajstić information content (AvgIpc) is 3.10. The Morgan fingerprint density at radius 1 is 1.29 bits per heavy atom. The number of aryl methyl sites for hydroxylation is 2. The van der Waals surface area contributed by atoms with Gasteiger partial charge in [0.1, 0.15) is 0 Å². The molecule has 4 rings (SSSR count). The molecule has 0 bridgehead atoms. The van der Waals surface area contributed by atoms with Gasteiger partial charge in [-0.15, -0.1) is 22.7 Å². The molecule has 0 radical (unpaired) electrons. The summed E-state index contributed by atoms with van der Waals surface area (Å²) >= 11 is 3.60. The number of nitrogens with two attached hydrogens (primary N) is 1. The van der Waals surface area contributed by atoms with Crippen LogP contribution in [0.4, 0.5) is 0 Å². The number of fused-ring (bicyclic) bond motifs is 2. The average molecular weight is 317 g/mol. The van der Waals surface area contributed by atoms with Crippen molar-refractivity contribution >= 4 is 27.6 Å². The van der Waals surface area contributed by atoms with E-state index in [9.17, 15) is 0 Å². The number of thiazole rings is 1. The Kier molecular flexibility index (Phi) is 3.57. The lowest BCUT2D eigenvalue weighted by Gasteiger charge is -2.07. The van der Waals surface area contributed by atoms with Gasteiger partial charge in [-0.25, -0.2) is 4.98 Å². The second-order valence-electron chi connectivity index (χ2n) is 5.79. The summed E-state index contributed by atoms with van der Waals surface area (Å²) in [6.07, 6.45) is 11.5. The quantitative estimate of drug-likeness (QED) is 0.743. The Hall–Kier alpha value is -1.17. The van der Waals surface area contributed by atoms with Gasteiger partial charge in [0.15, 0.2) is 4.96 Å². The smallest absolute Gasteiger partial charge is 0.193 e. The van der Waals surface area contributed by atoms with Crippen LogP contribution >= 0.6 is 22.7 Å². The summed E-state index contributed by atoms with van der Waals surface area (Å²) < 4.78 is 2.08. The number of hydrogen-bond donors (Lipinski definition) is 1. The zero-order valence-electron chi connectivity index (χ0n) is 11.9. The maximum Gasteiger partial charge on any atom is 0.193 e. The van der Waals surface area contributed by atoms with E-state index in [2.05, 4.69) is 33.2 Å². The minimum Gasteiger partial charge on any atom is -0.323 e. The molecule has 1 unspecified atom stereocenters. The van der Waals surface area contributed by atoms with Gasteiger partial charge < -0.3 is 5.73 Å². The first-order valence-corrected chi connectivity index (χ1v) is 9.27. The van der Waals surface area contributed by atoms with Crippen molar-refractivity contribution in [1.82, 2.24) is 9.38 Å². The van der Waals surface area contributed by atoms with Crippen LogP contribution in [-0.2, 0) is 19.3 Å². The Morgan fingerprint density at radius 3 is 3.10 bits per heavy atom. The monoisotopic (exact) mass is 317 g/mol. The van der Waals surface area contributed by atoms with Crippen molar-refractivity contribution in [3.63, 3.8) is 0 Å². The molecule has 0 aromatic carbocycles. The van der Waals surface area contributed by atoms with Gasteiger partial charge in [-0.05, 0) is 37.3 Å². The lowest BCUT2D eigenvalue weighted by Crippen LogP contribution is -2.12. The summed E-state index contributed by atoms with van der Waals surface area (Å²) in [7, 11) is 0. The third-order valence-electron chi connectivity index (χ3n) is 4.20.